The summed E-state index contributed by atoms with van der Waals surface area (Å²) >= 11 is 0. The first-order valence-corrected chi connectivity index (χ1v) is 21.9. The first-order chi connectivity index (χ1) is 27.3. The minimum absolute atomic E-state index is 0.174. The van der Waals surface area contributed by atoms with Gasteiger partial charge in [-0.15, -0.1) is 0 Å². The maximum absolute atomic E-state index is 12.7. The van der Waals surface area contributed by atoms with Crippen molar-refractivity contribution in [3.05, 3.63) is 60.8 Å². The average molecular weight is 791 g/mol. The van der Waals surface area contributed by atoms with Crippen molar-refractivity contribution in [2.24, 2.45) is 0 Å². The molecule has 56 heavy (non-hydrogen) atoms. The topological polar surface area (TPSA) is 152 Å². The van der Waals surface area contributed by atoms with Crippen molar-refractivity contribution in [3.63, 3.8) is 0 Å². The normalized spacial score (nSPS) is 21.0. The van der Waals surface area contributed by atoms with E-state index in [1.165, 1.54) is 51.4 Å². The summed E-state index contributed by atoms with van der Waals surface area (Å²) in [4.78, 5) is 25.3. The second kappa shape index (κ2) is 36.7. The number of aliphatic hydroxyl groups excluding tert-OH is 4. The van der Waals surface area contributed by atoms with Crippen LogP contribution >= 0.6 is 0 Å². The Balaban J connectivity index is 2.38. The molecule has 0 aliphatic carbocycles. The molecule has 0 saturated carbocycles. The first kappa shape index (κ1) is 51.4. The standard InChI is InChI=1S/C46H78O10/c1-3-5-7-9-11-13-15-17-19-21-22-24-26-28-30-32-34-41(48)53-37-39(38-54-46-45(52)44(51)43(50)40(36-47)56-46)55-42(49)35-33-31-29-27-25-23-20-18-16-14-12-10-8-6-4-2/h6,8,12,14,18-21,25,27,39-40,43-47,50-52H,3-5,7,9-11,13,15-17,22-24,26,28-38H2,1-2H3/b8-6-,14-12-,20-18-,21-19-,27-25-. The lowest BCUT2D eigenvalue weighted by Gasteiger charge is -2.39. The molecule has 1 heterocycles. The Morgan fingerprint density at radius 2 is 1.05 bits per heavy atom. The molecule has 6 atom stereocenters. The van der Waals surface area contributed by atoms with E-state index in [0.29, 0.717) is 12.8 Å². The van der Waals surface area contributed by atoms with Crippen LogP contribution in [0.4, 0.5) is 0 Å². The van der Waals surface area contributed by atoms with Crippen molar-refractivity contribution in [1.82, 2.24) is 0 Å². The minimum Gasteiger partial charge on any atom is -0.462 e. The predicted molar refractivity (Wildman–Crippen MR) is 224 cm³/mol. The first-order valence-electron chi connectivity index (χ1n) is 21.9. The zero-order valence-corrected chi connectivity index (χ0v) is 34.9. The molecule has 6 unspecified atom stereocenters. The second-order valence-corrected chi connectivity index (χ2v) is 14.8. The maximum atomic E-state index is 12.7. The van der Waals surface area contributed by atoms with Gasteiger partial charge in [0.25, 0.3) is 0 Å². The highest BCUT2D eigenvalue weighted by molar-refractivity contribution is 5.70. The fourth-order valence-electron chi connectivity index (χ4n) is 6.17. The van der Waals surface area contributed by atoms with Crippen molar-refractivity contribution in [1.29, 1.82) is 0 Å². The Hall–Kier alpha value is -2.60. The summed E-state index contributed by atoms with van der Waals surface area (Å²) in [5.41, 5.74) is 0. The number of hydrogen-bond donors (Lipinski definition) is 4. The SMILES string of the molecule is CC/C=C\C/C=C\C/C=C\C/C=C\CCCCC(=O)OC(COC(=O)CCCCCCC/C=C\CCCCCCCCC)COC1OC(CO)C(O)C(O)C1O. The van der Waals surface area contributed by atoms with Crippen LogP contribution in [0.3, 0.4) is 0 Å². The van der Waals surface area contributed by atoms with Gasteiger partial charge in [-0.05, 0) is 77.0 Å². The lowest BCUT2D eigenvalue weighted by atomic mass is 9.99. The lowest BCUT2D eigenvalue weighted by molar-refractivity contribution is -0.305. The second-order valence-electron chi connectivity index (χ2n) is 14.8. The van der Waals surface area contributed by atoms with E-state index in [1.807, 2.05) is 0 Å². The van der Waals surface area contributed by atoms with Gasteiger partial charge in [-0.1, -0.05) is 132 Å². The van der Waals surface area contributed by atoms with Gasteiger partial charge in [0.2, 0.25) is 0 Å². The van der Waals surface area contributed by atoms with Gasteiger partial charge in [0.15, 0.2) is 12.4 Å². The largest absolute Gasteiger partial charge is 0.462 e. The number of aliphatic hydroxyl groups is 4. The molecule has 1 rings (SSSR count). The van der Waals surface area contributed by atoms with Crippen molar-refractivity contribution >= 4 is 11.9 Å². The molecule has 0 aromatic carbocycles. The molecule has 0 bridgehead atoms. The number of carbonyl (C=O) groups is 2. The summed E-state index contributed by atoms with van der Waals surface area (Å²) in [5.74, 6) is -0.869. The third kappa shape index (κ3) is 27.9. The molecule has 0 amide bonds. The van der Waals surface area contributed by atoms with E-state index in [2.05, 4.69) is 74.6 Å². The average Bonchev–Trinajstić information content (AvgIpc) is 3.19. The van der Waals surface area contributed by atoms with Crippen LogP contribution in [0, 0.1) is 0 Å². The fraction of sp³-hybridized carbons (Fsp3) is 0.739. The van der Waals surface area contributed by atoms with Crippen LogP contribution in [0.1, 0.15) is 162 Å². The quantitative estimate of drug-likeness (QED) is 0.0278. The zero-order valence-electron chi connectivity index (χ0n) is 34.9. The zero-order chi connectivity index (χ0) is 40.9. The number of esters is 2. The van der Waals surface area contributed by atoms with Gasteiger partial charge < -0.3 is 39.4 Å². The molecule has 322 valence electrons. The van der Waals surface area contributed by atoms with E-state index in [4.69, 9.17) is 18.9 Å². The summed E-state index contributed by atoms with van der Waals surface area (Å²) in [6.07, 6.45) is 36.6. The van der Waals surface area contributed by atoms with Crippen LogP contribution < -0.4 is 0 Å². The maximum Gasteiger partial charge on any atom is 0.306 e. The molecule has 4 N–H and O–H groups in total. The van der Waals surface area contributed by atoms with Crippen molar-refractivity contribution in [2.45, 2.75) is 198 Å². The van der Waals surface area contributed by atoms with E-state index in [-0.39, 0.29) is 26.1 Å². The number of carbonyl (C=O) groups excluding carboxylic acids is 2. The summed E-state index contributed by atoms with van der Waals surface area (Å²) in [6, 6.07) is 0. The molecule has 1 aliphatic heterocycles. The van der Waals surface area contributed by atoms with Gasteiger partial charge >= 0.3 is 11.9 Å². The van der Waals surface area contributed by atoms with E-state index >= 15 is 0 Å². The predicted octanol–water partition coefficient (Wildman–Crippen LogP) is 9.05. The van der Waals surface area contributed by atoms with Crippen LogP contribution in [-0.2, 0) is 28.5 Å². The smallest absolute Gasteiger partial charge is 0.306 e. The molecule has 0 aromatic heterocycles. The van der Waals surface area contributed by atoms with Gasteiger partial charge in [-0.25, -0.2) is 0 Å². The Morgan fingerprint density at radius 1 is 0.571 bits per heavy atom. The molecule has 0 aromatic rings. The van der Waals surface area contributed by atoms with Crippen molar-refractivity contribution in [3.8, 4) is 0 Å². The molecule has 0 radical (unpaired) electrons. The molecule has 0 spiro atoms. The van der Waals surface area contributed by atoms with Gasteiger partial charge in [0.1, 0.15) is 31.0 Å². The summed E-state index contributed by atoms with van der Waals surface area (Å²) < 4.78 is 22.1. The molecule has 1 fully saturated rings. The van der Waals surface area contributed by atoms with Crippen LogP contribution in [0.15, 0.2) is 60.8 Å². The Labute approximate surface area is 339 Å². The van der Waals surface area contributed by atoms with Crippen LogP contribution in [0.25, 0.3) is 0 Å². The number of hydrogen-bond acceptors (Lipinski definition) is 10. The Kier molecular flexibility index (Phi) is 33.7. The summed E-state index contributed by atoms with van der Waals surface area (Å²) in [7, 11) is 0. The van der Waals surface area contributed by atoms with Gasteiger partial charge in [-0.3, -0.25) is 9.59 Å². The summed E-state index contributed by atoms with van der Waals surface area (Å²) in [6.45, 7) is 3.24. The monoisotopic (exact) mass is 791 g/mol. The Morgan fingerprint density at radius 3 is 1.64 bits per heavy atom. The number of rotatable bonds is 35. The van der Waals surface area contributed by atoms with Gasteiger partial charge in [0.05, 0.1) is 13.2 Å². The van der Waals surface area contributed by atoms with E-state index in [0.717, 1.165) is 70.6 Å². The fourth-order valence-corrected chi connectivity index (χ4v) is 6.17. The van der Waals surface area contributed by atoms with Crippen LogP contribution in [-0.4, -0.2) is 89.0 Å². The molecule has 10 nitrogen and oxygen atoms in total. The third-order valence-electron chi connectivity index (χ3n) is 9.64. The highest BCUT2D eigenvalue weighted by Crippen LogP contribution is 2.22. The van der Waals surface area contributed by atoms with E-state index < -0.39 is 55.4 Å². The molecular weight excluding hydrogens is 712 g/mol. The van der Waals surface area contributed by atoms with Gasteiger partial charge in [0, 0.05) is 12.8 Å². The molecule has 1 saturated heterocycles. The van der Waals surface area contributed by atoms with Gasteiger partial charge in [-0.2, -0.15) is 0 Å². The van der Waals surface area contributed by atoms with E-state index in [1.54, 1.807) is 0 Å². The third-order valence-corrected chi connectivity index (χ3v) is 9.64. The molecule has 10 heteroatoms. The minimum atomic E-state index is -1.61. The highest BCUT2D eigenvalue weighted by atomic mass is 16.7. The van der Waals surface area contributed by atoms with Crippen molar-refractivity contribution in [2.75, 3.05) is 19.8 Å². The Bertz CT molecular complexity index is 1100. The van der Waals surface area contributed by atoms with Crippen LogP contribution in [0.5, 0.6) is 0 Å². The lowest BCUT2D eigenvalue weighted by Crippen LogP contribution is -2.59. The number of unbranched alkanes of at least 4 members (excludes halogenated alkanes) is 14. The van der Waals surface area contributed by atoms with Crippen molar-refractivity contribution < 1.29 is 49.0 Å². The number of ether oxygens (including phenoxy) is 4. The van der Waals surface area contributed by atoms with E-state index in [9.17, 15) is 30.0 Å². The molecule has 1 aliphatic rings. The molecular formula is C46H78O10. The number of allylic oxidation sites excluding steroid dienone is 10. The summed E-state index contributed by atoms with van der Waals surface area (Å²) in [5, 5.41) is 40.0. The van der Waals surface area contributed by atoms with Crippen LogP contribution in [0.2, 0.25) is 0 Å². The highest BCUT2D eigenvalue weighted by Gasteiger charge is 2.44.